The molecule has 2 heteroatoms. The van der Waals surface area contributed by atoms with Gasteiger partial charge in [-0.15, -0.1) is 0 Å². The van der Waals surface area contributed by atoms with Crippen LogP contribution < -0.4 is 5.32 Å². The smallest absolute Gasteiger partial charge is 0.0988 e. The van der Waals surface area contributed by atoms with Crippen molar-refractivity contribution in [2.45, 2.75) is 69.9 Å². The maximum Gasteiger partial charge on any atom is 0.0988 e. The summed E-state index contributed by atoms with van der Waals surface area (Å²) in [5.74, 6) is 4.46. The van der Waals surface area contributed by atoms with E-state index in [0.29, 0.717) is 12.0 Å². The molecule has 4 bridgehead atoms. The summed E-state index contributed by atoms with van der Waals surface area (Å²) < 4.78 is 0. The normalized spacial score (nSPS) is 46.4. The monoisotopic (exact) mass is 258 g/mol. The van der Waals surface area contributed by atoms with Crippen molar-refractivity contribution in [2.24, 2.45) is 29.6 Å². The third-order valence-corrected chi connectivity index (χ3v) is 6.59. The Morgan fingerprint density at radius 3 is 2.00 bits per heavy atom. The second kappa shape index (κ2) is 4.77. The molecule has 2 nitrogen and oxygen atoms in total. The minimum absolute atomic E-state index is 0.151. The van der Waals surface area contributed by atoms with Gasteiger partial charge in [0.2, 0.25) is 0 Å². The van der Waals surface area contributed by atoms with E-state index in [1.54, 1.807) is 0 Å². The van der Waals surface area contributed by atoms with E-state index in [9.17, 15) is 5.26 Å². The van der Waals surface area contributed by atoms with Gasteiger partial charge in [-0.3, -0.25) is 5.32 Å². The highest BCUT2D eigenvalue weighted by atomic mass is 15.0. The molecule has 5 rings (SSSR count). The summed E-state index contributed by atoms with van der Waals surface area (Å²) in [7, 11) is 0. The first kappa shape index (κ1) is 12.2. The van der Waals surface area contributed by atoms with Gasteiger partial charge in [-0.2, -0.15) is 5.26 Å². The Bertz CT molecular complexity index is 349. The predicted octanol–water partition coefficient (Wildman–Crippen LogP) is 3.48. The minimum atomic E-state index is 0.151. The van der Waals surface area contributed by atoms with Crippen molar-refractivity contribution in [1.29, 1.82) is 5.26 Å². The molecule has 0 radical (unpaired) electrons. The van der Waals surface area contributed by atoms with Gasteiger partial charge in [-0.1, -0.05) is 12.8 Å². The third kappa shape index (κ3) is 2.11. The Hall–Kier alpha value is -0.550. The molecule has 5 saturated carbocycles. The molecule has 1 N–H and O–H groups in total. The van der Waals surface area contributed by atoms with E-state index in [0.717, 1.165) is 23.7 Å². The highest BCUT2D eigenvalue weighted by molar-refractivity contribution is 5.08. The molecule has 5 aliphatic carbocycles. The summed E-state index contributed by atoms with van der Waals surface area (Å²) in [6, 6.07) is 3.44. The zero-order valence-corrected chi connectivity index (χ0v) is 11.9. The summed E-state index contributed by atoms with van der Waals surface area (Å²) >= 11 is 0. The second-order valence-electron chi connectivity index (χ2n) is 7.76. The zero-order valence-electron chi connectivity index (χ0n) is 11.9. The van der Waals surface area contributed by atoms with Crippen LogP contribution >= 0.6 is 0 Å². The molecule has 1 atom stereocenters. The van der Waals surface area contributed by atoms with Crippen LogP contribution in [-0.4, -0.2) is 12.1 Å². The van der Waals surface area contributed by atoms with E-state index in [-0.39, 0.29) is 6.04 Å². The average Bonchev–Trinajstić information content (AvgIpc) is 2.89. The molecule has 0 aromatic rings. The average molecular weight is 258 g/mol. The third-order valence-electron chi connectivity index (χ3n) is 6.59. The largest absolute Gasteiger partial charge is 0.299 e. The lowest BCUT2D eigenvalue weighted by Gasteiger charge is -2.55. The summed E-state index contributed by atoms with van der Waals surface area (Å²) in [4.78, 5) is 0. The standard InChI is InChI=1S/C17H26N2/c18-10-16(19-15-3-1-2-4-15)17-13-6-11-5-12(8-13)9-14(17)7-11/h11-17,19H,1-9H2. The Balaban J connectivity index is 1.49. The molecule has 0 saturated heterocycles. The summed E-state index contributed by atoms with van der Waals surface area (Å²) in [6.07, 6.45) is 12.5. The molecular weight excluding hydrogens is 232 g/mol. The molecule has 19 heavy (non-hydrogen) atoms. The van der Waals surface area contributed by atoms with Crippen LogP contribution in [0.4, 0.5) is 0 Å². The minimum Gasteiger partial charge on any atom is -0.299 e. The highest BCUT2D eigenvalue weighted by Gasteiger charge is 2.50. The summed E-state index contributed by atoms with van der Waals surface area (Å²) in [5.41, 5.74) is 0. The van der Waals surface area contributed by atoms with Gasteiger partial charge in [0, 0.05) is 6.04 Å². The second-order valence-corrected chi connectivity index (χ2v) is 7.76. The Morgan fingerprint density at radius 2 is 1.47 bits per heavy atom. The number of nitrogens with zero attached hydrogens (tertiary/aromatic N) is 1. The lowest BCUT2D eigenvalue weighted by molar-refractivity contribution is -0.0454. The fourth-order valence-corrected chi connectivity index (χ4v) is 6.09. The van der Waals surface area contributed by atoms with Gasteiger partial charge >= 0.3 is 0 Å². The van der Waals surface area contributed by atoms with Gasteiger partial charge in [-0.05, 0) is 74.5 Å². The number of hydrogen-bond donors (Lipinski definition) is 1. The highest BCUT2D eigenvalue weighted by Crippen LogP contribution is 2.57. The first-order chi connectivity index (χ1) is 9.33. The van der Waals surface area contributed by atoms with Crippen molar-refractivity contribution in [2.75, 3.05) is 0 Å². The van der Waals surface area contributed by atoms with Crippen LogP contribution in [0, 0.1) is 40.9 Å². The molecule has 5 aliphatic rings. The van der Waals surface area contributed by atoms with Gasteiger partial charge in [0.1, 0.15) is 0 Å². The quantitative estimate of drug-likeness (QED) is 0.841. The van der Waals surface area contributed by atoms with Crippen LogP contribution in [0.1, 0.15) is 57.8 Å². The van der Waals surface area contributed by atoms with E-state index in [1.165, 1.54) is 57.8 Å². The van der Waals surface area contributed by atoms with Crippen LogP contribution in [0.2, 0.25) is 0 Å². The molecule has 1 unspecified atom stereocenters. The molecule has 5 fully saturated rings. The van der Waals surface area contributed by atoms with Crippen LogP contribution in [0.3, 0.4) is 0 Å². The predicted molar refractivity (Wildman–Crippen MR) is 75.3 cm³/mol. The van der Waals surface area contributed by atoms with Crippen molar-refractivity contribution in [1.82, 2.24) is 5.32 Å². The van der Waals surface area contributed by atoms with Gasteiger partial charge < -0.3 is 0 Å². The summed E-state index contributed by atoms with van der Waals surface area (Å²) in [5, 5.41) is 13.4. The van der Waals surface area contributed by atoms with Gasteiger partial charge in [-0.25, -0.2) is 0 Å². The van der Waals surface area contributed by atoms with Crippen molar-refractivity contribution in [3.05, 3.63) is 0 Å². The van der Waals surface area contributed by atoms with E-state index < -0.39 is 0 Å². The number of hydrogen-bond acceptors (Lipinski definition) is 2. The number of nitriles is 1. The summed E-state index contributed by atoms with van der Waals surface area (Å²) in [6.45, 7) is 0. The van der Waals surface area contributed by atoms with Gasteiger partial charge in [0.05, 0.1) is 12.1 Å². The van der Waals surface area contributed by atoms with Gasteiger partial charge in [0.25, 0.3) is 0 Å². The van der Waals surface area contributed by atoms with E-state index in [4.69, 9.17) is 0 Å². The van der Waals surface area contributed by atoms with Crippen LogP contribution in [0.15, 0.2) is 0 Å². The Labute approximate surface area is 116 Å². The first-order valence-electron chi connectivity index (χ1n) is 8.49. The lowest BCUT2D eigenvalue weighted by Crippen LogP contribution is -2.54. The Kier molecular flexibility index (Phi) is 3.07. The van der Waals surface area contributed by atoms with Crippen molar-refractivity contribution >= 4 is 0 Å². The van der Waals surface area contributed by atoms with Crippen LogP contribution in [0.25, 0.3) is 0 Å². The van der Waals surface area contributed by atoms with Crippen molar-refractivity contribution in [3.8, 4) is 6.07 Å². The van der Waals surface area contributed by atoms with Gasteiger partial charge in [0.15, 0.2) is 0 Å². The number of nitrogens with one attached hydrogen (secondary N) is 1. The molecule has 0 aromatic carbocycles. The zero-order chi connectivity index (χ0) is 12.8. The van der Waals surface area contributed by atoms with E-state index in [1.807, 2.05) is 0 Å². The lowest BCUT2D eigenvalue weighted by atomic mass is 9.50. The molecule has 0 aliphatic heterocycles. The topological polar surface area (TPSA) is 35.8 Å². The van der Waals surface area contributed by atoms with Crippen LogP contribution in [0.5, 0.6) is 0 Å². The number of rotatable bonds is 3. The molecule has 0 spiro atoms. The maximum atomic E-state index is 9.66. The Morgan fingerprint density at radius 1 is 0.895 bits per heavy atom. The van der Waals surface area contributed by atoms with E-state index >= 15 is 0 Å². The first-order valence-corrected chi connectivity index (χ1v) is 8.49. The van der Waals surface area contributed by atoms with Crippen molar-refractivity contribution in [3.63, 3.8) is 0 Å². The SMILES string of the molecule is N#CC(NC1CCCC1)C1C2CC3CC(C2)CC1C3. The maximum absolute atomic E-state index is 9.66. The van der Waals surface area contributed by atoms with Crippen LogP contribution in [-0.2, 0) is 0 Å². The van der Waals surface area contributed by atoms with E-state index in [2.05, 4.69) is 11.4 Å². The molecule has 0 aromatic heterocycles. The molecular formula is C17H26N2. The van der Waals surface area contributed by atoms with Crippen molar-refractivity contribution < 1.29 is 0 Å². The fourth-order valence-electron chi connectivity index (χ4n) is 6.09. The molecule has 104 valence electrons. The fraction of sp³-hybridized carbons (Fsp3) is 0.941. The molecule has 0 heterocycles. The molecule has 0 amide bonds.